The van der Waals surface area contributed by atoms with Gasteiger partial charge in [0.15, 0.2) is 0 Å². The van der Waals surface area contributed by atoms with Gasteiger partial charge in [-0.2, -0.15) is 5.10 Å². The number of carbonyl (C=O) groups excluding carboxylic acids is 1. The minimum atomic E-state index is -0.271. The second-order valence-electron chi connectivity index (χ2n) is 5.70. The van der Waals surface area contributed by atoms with Gasteiger partial charge in [-0.05, 0) is 25.5 Å². The maximum atomic E-state index is 12.2. The number of aromatic nitrogens is 3. The molecule has 0 aromatic carbocycles. The number of ether oxygens (including phenoxy) is 1. The summed E-state index contributed by atoms with van der Waals surface area (Å²) in [4.78, 5) is 16.4. The van der Waals surface area contributed by atoms with Crippen LogP contribution in [0.2, 0.25) is 0 Å². The van der Waals surface area contributed by atoms with E-state index in [-0.39, 0.29) is 12.1 Å². The van der Waals surface area contributed by atoms with E-state index in [0.717, 1.165) is 31.9 Å². The normalized spacial score (nSPS) is 18.6. The van der Waals surface area contributed by atoms with E-state index in [0.29, 0.717) is 11.7 Å². The monoisotopic (exact) mass is 315 g/mol. The van der Waals surface area contributed by atoms with Crippen LogP contribution in [-0.4, -0.2) is 34.0 Å². The SMILES string of the molecule is C[C@@H](NC(=O)Nc1ccnn1C[C@@H]1CCOC1)c1ccccn1. The van der Waals surface area contributed by atoms with Crippen molar-refractivity contribution in [1.82, 2.24) is 20.1 Å². The Kier molecular flexibility index (Phi) is 4.87. The van der Waals surface area contributed by atoms with Crippen molar-refractivity contribution in [2.75, 3.05) is 18.5 Å². The van der Waals surface area contributed by atoms with Gasteiger partial charge in [-0.15, -0.1) is 0 Å². The summed E-state index contributed by atoms with van der Waals surface area (Å²) < 4.78 is 7.19. The summed E-state index contributed by atoms with van der Waals surface area (Å²) in [5, 5.41) is 10.0. The number of pyridine rings is 1. The van der Waals surface area contributed by atoms with Crippen LogP contribution in [0.3, 0.4) is 0 Å². The van der Waals surface area contributed by atoms with Gasteiger partial charge in [-0.3, -0.25) is 10.3 Å². The van der Waals surface area contributed by atoms with E-state index in [1.165, 1.54) is 0 Å². The van der Waals surface area contributed by atoms with Crippen LogP contribution in [0.15, 0.2) is 36.7 Å². The molecule has 1 fully saturated rings. The van der Waals surface area contributed by atoms with E-state index in [4.69, 9.17) is 4.74 Å². The van der Waals surface area contributed by atoms with Crippen LogP contribution >= 0.6 is 0 Å². The molecule has 0 saturated carbocycles. The van der Waals surface area contributed by atoms with Gasteiger partial charge >= 0.3 is 6.03 Å². The minimum Gasteiger partial charge on any atom is -0.381 e. The van der Waals surface area contributed by atoms with Gasteiger partial charge in [0, 0.05) is 31.3 Å². The number of nitrogens with zero attached hydrogens (tertiary/aromatic N) is 3. The standard InChI is InChI=1S/C16H21N5O2/c1-12(14-4-2-3-7-17-14)19-16(22)20-15-5-8-18-21(15)10-13-6-9-23-11-13/h2-5,7-8,12-13H,6,9-11H2,1H3,(H2,19,20,22)/t12-,13+/m1/s1. The molecule has 3 rings (SSSR count). The number of anilines is 1. The van der Waals surface area contributed by atoms with Crippen LogP contribution in [0.4, 0.5) is 10.6 Å². The van der Waals surface area contributed by atoms with Crippen molar-refractivity contribution in [3.05, 3.63) is 42.4 Å². The molecule has 7 nitrogen and oxygen atoms in total. The molecular formula is C16H21N5O2. The Hall–Kier alpha value is -2.41. The molecular weight excluding hydrogens is 294 g/mol. The molecule has 2 atom stereocenters. The van der Waals surface area contributed by atoms with E-state index >= 15 is 0 Å². The highest BCUT2D eigenvalue weighted by atomic mass is 16.5. The number of urea groups is 1. The zero-order valence-electron chi connectivity index (χ0n) is 13.1. The molecule has 1 aliphatic rings. The van der Waals surface area contributed by atoms with Crippen molar-refractivity contribution in [2.24, 2.45) is 5.92 Å². The lowest BCUT2D eigenvalue weighted by atomic mass is 10.1. The molecule has 0 spiro atoms. The quantitative estimate of drug-likeness (QED) is 0.886. The van der Waals surface area contributed by atoms with Crippen molar-refractivity contribution in [3.8, 4) is 0 Å². The van der Waals surface area contributed by atoms with E-state index in [2.05, 4.69) is 20.7 Å². The van der Waals surface area contributed by atoms with Crippen molar-refractivity contribution < 1.29 is 9.53 Å². The summed E-state index contributed by atoms with van der Waals surface area (Å²) >= 11 is 0. The Morgan fingerprint density at radius 3 is 3.09 bits per heavy atom. The van der Waals surface area contributed by atoms with Gasteiger partial charge in [0.2, 0.25) is 0 Å². The second-order valence-corrected chi connectivity index (χ2v) is 5.70. The van der Waals surface area contributed by atoms with Gasteiger partial charge in [0.25, 0.3) is 0 Å². The Morgan fingerprint density at radius 2 is 2.35 bits per heavy atom. The van der Waals surface area contributed by atoms with Gasteiger partial charge in [-0.1, -0.05) is 6.07 Å². The second kappa shape index (κ2) is 7.23. The zero-order valence-corrected chi connectivity index (χ0v) is 13.1. The number of amides is 2. The Morgan fingerprint density at radius 1 is 1.43 bits per heavy atom. The molecule has 2 amide bonds. The van der Waals surface area contributed by atoms with Crippen molar-refractivity contribution in [2.45, 2.75) is 25.9 Å². The highest BCUT2D eigenvalue weighted by molar-refractivity contribution is 5.88. The smallest absolute Gasteiger partial charge is 0.320 e. The maximum absolute atomic E-state index is 12.2. The summed E-state index contributed by atoms with van der Waals surface area (Å²) in [6.45, 7) is 4.20. The first-order valence-electron chi connectivity index (χ1n) is 7.80. The van der Waals surface area contributed by atoms with Crippen LogP contribution in [-0.2, 0) is 11.3 Å². The molecule has 0 aliphatic carbocycles. The van der Waals surface area contributed by atoms with E-state index in [9.17, 15) is 4.79 Å². The van der Waals surface area contributed by atoms with Gasteiger partial charge in [-0.25, -0.2) is 9.48 Å². The summed E-state index contributed by atoms with van der Waals surface area (Å²) in [5.74, 6) is 1.13. The first-order valence-corrected chi connectivity index (χ1v) is 7.80. The Labute approximate surface area is 135 Å². The maximum Gasteiger partial charge on any atom is 0.320 e. The number of nitrogens with one attached hydrogen (secondary N) is 2. The molecule has 3 heterocycles. The van der Waals surface area contributed by atoms with E-state index in [1.54, 1.807) is 18.5 Å². The molecule has 7 heteroatoms. The zero-order chi connectivity index (χ0) is 16.1. The molecule has 1 saturated heterocycles. The molecule has 2 N–H and O–H groups in total. The summed E-state index contributed by atoms with van der Waals surface area (Å²) in [7, 11) is 0. The van der Waals surface area contributed by atoms with Crippen molar-refractivity contribution in [1.29, 1.82) is 0 Å². The Balaban J connectivity index is 1.56. The van der Waals surface area contributed by atoms with Crippen LogP contribution in [0, 0.1) is 5.92 Å². The fourth-order valence-electron chi connectivity index (χ4n) is 2.61. The number of hydrogen-bond donors (Lipinski definition) is 2. The molecule has 0 radical (unpaired) electrons. The molecule has 0 bridgehead atoms. The van der Waals surface area contributed by atoms with Crippen LogP contribution < -0.4 is 10.6 Å². The summed E-state index contributed by atoms with van der Waals surface area (Å²) in [5.41, 5.74) is 0.819. The summed E-state index contributed by atoms with van der Waals surface area (Å²) in [6, 6.07) is 6.98. The van der Waals surface area contributed by atoms with E-state index < -0.39 is 0 Å². The fraction of sp³-hybridized carbons (Fsp3) is 0.438. The number of rotatable bonds is 5. The Bertz CT molecular complexity index is 637. The van der Waals surface area contributed by atoms with Crippen molar-refractivity contribution >= 4 is 11.8 Å². The topological polar surface area (TPSA) is 81.1 Å². The van der Waals surface area contributed by atoms with Gasteiger partial charge in [0.05, 0.1) is 24.5 Å². The lowest BCUT2D eigenvalue weighted by Gasteiger charge is -2.15. The largest absolute Gasteiger partial charge is 0.381 e. The third-order valence-electron chi connectivity index (χ3n) is 3.89. The first-order chi connectivity index (χ1) is 11.2. The van der Waals surface area contributed by atoms with Crippen molar-refractivity contribution in [3.63, 3.8) is 0 Å². The lowest BCUT2D eigenvalue weighted by Crippen LogP contribution is -2.32. The predicted octanol–water partition coefficient (Wildman–Crippen LogP) is 2.20. The van der Waals surface area contributed by atoms with E-state index in [1.807, 2.05) is 29.8 Å². The van der Waals surface area contributed by atoms with Gasteiger partial charge < -0.3 is 10.1 Å². The average molecular weight is 315 g/mol. The minimum absolute atomic E-state index is 0.171. The predicted molar refractivity (Wildman–Crippen MR) is 86.0 cm³/mol. The fourth-order valence-corrected chi connectivity index (χ4v) is 2.61. The van der Waals surface area contributed by atoms with Crippen LogP contribution in [0.5, 0.6) is 0 Å². The third-order valence-corrected chi connectivity index (χ3v) is 3.89. The molecule has 2 aromatic rings. The summed E-state index contributed by atoms with van der Waals surface area (Å²) in [6.07, 6.45) is 4.43. The number of hydrogen-bond acceptors (Lipinski definition) is 4. The molecule has 23 heavy (non-hydrogen) atoms. The van der Waals surface area contributed by atoms with Gasteiger partial charge in [0.1, 0.15) is 5.82 Å². The molecule has 2 aromatic heterocycles. The average Bonchev–Trinajstić information content (AvgIpc) is 3.21. The van der Waals surface area contributed by atoms with Crippen LogP contribution in [0.1, 0.15) is 25.1 Å². The third kappa shape index (κ3) is 4.07. The lowest BCUT2D eigenvalue weighted by molar-refractivity contribution is 0.181. The molecule has 0 unspecified atom stereocenters. The highest BCUT2D eigenvalue weighted by Gasteiger charge is 2.18. The number of carbonyl (C=O) groups is 1. The molecule has 122 valence electrons. The highest BCUT2D eigenvalue weighted by Crippen LogP contribution is 2.17. The first kappa shape index (κ1) is 15.5. The molecule has 1 aliphatic heterocycles. The van der Waals surface area contributed by atoms with Crippen LogP contribution in [0.25, 0.3) is 0 Å².